The van der Waals surface area contributed by atoms with Crippen molar-refractivity contribution < 1.29 is 14.3 Å². The number of carbonyl (C=O) groups excluding carboxylic acids is 1. The normalized spacial score (nSPS) is 19.0. The molecular weight excluding hydrogens is 344 g/mol. The number of nitrogens with zero attached hydrogens (tertiary/aromatic N) is 3. The van der Waals surface area contributed by atoms with Gasteiger partial charge in [-0.1, -0.05) is 0 Å². The number of amides is 1. The van der Waals surface area contributed by atoms with E-state index in [9.17, 15) is 4.79 Å². The van der Waals surface area contributed by atoms with Gasteiger partial charge in [0.25, 0.3) is 5.91 Å². The number of aromatic nitrogens is 2. The second-order valence-electron chi connectivity index (χ2n) is 6.35. The van der Waals surface area contributed by atoms with Gasteiger partial charge in [0.15, 0.2) is 0 Å². The summed E-state index contributed by atoms with van der Waals surface area (Å²) in [6.07, 6.45) is 6.51. The Morgan fingerprint density at radius 3 is 2.74 bits per heavy atom. The third-order valence-corrected chi connectivity index (χ3v) is 4.46. The van der Waals surface area contributed by atoms with E-state index in [-0.39, 0.29) is 18.1 Å². The van der Waals surface area contributed by atoms with Crippen LogP contribution in [0.2, 0.25) is 0 Å². The van der Waals surface area contributed by atoms with Gasteiger partial charge in [0.2, 0.25) is 11.8 Å². The van der Waals surface area contributed by atoms with E-state index in [0.717, 1.165) is 25.7 Å². The molecule has 0 aromatic carbocycles. The lowest BCUT2D eigenvalue weighted by Crippen LogP contribution is -2.40. The highest BCUT2D eigenvalue weighted by Crippen LogP contribution is 2.24. The van der Waals surface area contributed by atoms with Gasteiger partial charge in [0.05, 0.1) is 12.2 Å². The van der Waals surface area contributed by atoms with Crippen molar-refractivity contribution in [1.29, 1.82) is 5.26 Å². The molecule has 3 rings (SSSR count). The quantitative estimate of drug-likeness (QED) is 0.844. The second kappa shape index (κ2) is 8.99. The Morgan fingerprint density at radius 2 is 2.07 bits per heavy atom. The van der Waals surface area contributed by atoms with Crippen LogP contribution < -0.4 is 14.8 Å². The predicted octanol–water partition coefficient (Wildman–Crippen LogP) is 2.87. The summed E-state index contributed by atoms with van der Waals surface area (Å²) in [5.74, 6) is 0.726. The first-order valence-electron chi connectivity index (χ1n) is 9.11. The highest BCUT2D eigenvalue weighted by Gasteiger charge is 2.25. The van der Waals surface area contributed by atoms with Crippen molar-refractivity contribution in [3.63, 3.8) is 0 Å². The molecule has 2 aromatic rings. The molecule has 1 N–H and O–H groups in total. The van der Waals surface area contributed by atoms with Gasteiger partial charge in [-0.25, -0.2) is 9.97 Å². The zero-order valence-electron chi connectivity index (χ0n) is 15.2. The van der Waals surface area contributed by atoms with Crippen LogP contribution in [0.5, 0.6) is 11.8 Å². The van der Waals surface area contributed by atoms with Crippen LogP contribution in [0.4, 0.5) is 0 Å². The molecule has 1 aliphatic rings. The summed E-state index contributed by atoms with van der Waals surface area (Å²) in [7, 11) is 0. The van der Waals surface area contributed by atoms with Crippen LogP contribution in [-0.2, 0) is 0 Å². The SMILES string of the molecule is CCOc1ncccc1C(=O)NC1CCC(Oc2ccc(C#N)cn2)CC1. The van der Waals surface area contributed by atoms with E-state index < -0.39 is 0 Å². The average Bonchev–Trinajstić information content (AvgIpc) is 2.71. The molecule has 2 aromatic heterocycles. The van der Waals surface area contributed by atoms with E-state index in [1.54, 1.807) is 30.5 Å². The molecule has 1 fully saturated rings. The van der Waals surface area contributed by atoms with Crippen molar-refractivity contribution in [1.82, 2.24) is 15.3 Å². The molecule has 0 spiro atoms. The van der Waals surface area contributed by atoms with E-state index >= 15 is 0 Å². The summed E-state index contributed by atoms with van der Waals surface area (Å²) in [5.41, 5.74) is 0.968. The molecule has 7 nitrogen and oxygen atoms in total. The minimum absolute atomic E-state index is 0.0657. The smallest absolute Gasteiger partial charge is 0.256 e. The molecule has 0 radical (unpaired) electrons. The minimum Gasteiger partial charge on any atom is -0.477 e. The van der Waals surface area contributed by atoms with Gasteiger partial charge < -0.3 is 14.8 Å². The molecule has 1 aliphatic carbocycles. The minimum atomic E-state index is -0.162. The molecular formula is C20H22N4O3. The number of nitrogens with one attached hydrogen (secondary N) is 1. The van der Waals surface area contributed by atoms with E-state index in [0.29, 0.717) is 29.5 Å². The van der Waals surface area contributed by atoms with E-state index in [4.69, 9.17) is 14.7 Å². The largest absolute Gasteiger partial charge is 0.477 e. The van der Waals surface area contributed by atoms with Crippen LogP contribution in [0, 0.1) is 11.3 Å². The second-order valence-corrected chi connectivity index (χ2v) is 6.35. The van der Waals surface area contributed by atoms with Crippen LogP contribution in [0.1, 0.15) is 48.5 Å². The van der Waals surface area contributed by atoms with Gasteiger partial charge in [-0.2, -0.15) is 5.26 Å². The number of pyridine rings is 2. The zero-order chi connectivity index (χ0) is 19.1. The van der Waals surface area contributed by atoms with Gasteiger partial charge in [0.1, 0.15) is 17.7 Å². The third kappa shape index (κ3) is 4.94. The first-order chi connectivity index (χ1) is 13.2. The summed E-state index contributed by atoms with van der Waals surface area (Å²) in [5, 5.41) is 11.9. The van der Waals surface area contributed by atoms with Gasteiger partial charge in [-0.3, -0.25) is 4.79 Å². The number of nitriles is 1. The highest BCUT2D eigenvalue weighted by atomic mass is 16.5. The number of rotatable bonds is 6. The van der Waals surface area contributed by atoms with Crippen molar-refractivity contribution >= 4 is 5.91 Å². The molecule has 140 valence electrons. The molecule has 1 amide bonds. The predicted molar refractivity (Wildman–Crippen MR) is 98.5 cm³/mol. The standard InChI is InChI=1S/C20H22N4O3/c1-2-26-20-17(4-3-11-22-20)19(25)24-15-6-8-16(9-7-15)27-18-10-5-14(12-21)13-23-18/h3-5,10-11,13,15-16H,2,6-9H2,1H3,(H,24,25). The van der Waals surface area contributed by atoms with E-state index in [2.05, 4.69) is 15.3 Å². The van der Waals surface area contributed by atoms with Crippen molar-refractivity contribution in [2.75, 3.05) is 6.61 Å². The molecule has 27 heavy (non-hydrogen) atoms. The Labute approximate surface area is 158 Å². The monoisotopic (exact) mass is 366 g/mol. The van der Waals surface area contributed by atoms with Crippen LogP contribution >= 0.6 is 0 Å². The molecule has 7 heteroatoms. The molecule has 1 saturated carbocycles. The maximum Gasteiger partial charge on any atom is 0.256 e. The lowest BCUT2D eigenvalue weighted by Gasteiger charge is -2.29. The molecule has 0 unspecified atom stereocenters. The summed E-state index contributed by atoms with van der Waals surface area (Å²) in [4.78, 5) is 20.8. The first-order valence-corrected chi connectivity index (χ1v) is 9.11. The Hall–Kier alpha value is -3.14. The fourth-order valence-electron chi connectivity index (χ4n) is 3.09. The van der Waals surface area contributed by atoms with Crippen LogP contribution in [-0.4, -0.2) is 34.6 Å². The third-order valence-electron chi connectivity index (χ3n) is 4.46. The van der Waals surface area contributed by atoms with Gasteiger partial charge in [-0.05, 0) is 50.8 Å². The Kier molecular flexibility index (Phi) is 6.21. The molecule has 0 saturated heterocycles. The van der Waals surface area contributed by atoms with Crippen molar-refractivity contribution in [2.24, 2.45) is 0 Å². The van der Waals surface area contributed by atoms with E-state index in [1.807, 2.05) is 13.0 Å². The summed E-state index contributed by atoms with van der Waals surface area (Å²) < 4.78 is 11.3. The Bertz CT molecular complexity index is 809. The molecule has 2 heterocycles. The zero-order valence-corrected chi connectivity index (χ0v) is 15.2. The lowest BCUT2D eigenvalue weighted by atomic mass is 9.92. The maximum absolute atomic E-state index is 12.5. The average molecular weight is 366 g/mol. The fraction of sp³-hybridized carbons (Fsp3) is 0.400. The van der Waals surface area contributed by atoms with Crippen molar-refractivity contribution in [3.8, 4) is 17.8 Å². The van der Waals surface area contributed by atoms with E-state index in [1.165, 1.54) is 6.20 Å². The van der Waals surface area contributed by atoms with Crippen LogP contribution in [0.3, 0.4) is 0 Å². The van der Waals surface area contributed by atoms with Gasteiger partial charge >= 0.3 is 0 Å². The van der Waals surface area contributed by atoms with Crippen LogP contribution in [0.15, 0.2) is 36.7 Å². The Balaban J connectivity index is 1.50. The van der Waals surface area contributed by atoms with Crippen molar-refractivity contribution in [2.45, 2.75) is 44.8 Å². The highest BCUT2D eigenvalue weighted by molar-refractivity contribution is 5.96. The number of hydrogen-bond donors (Lipinski definition) is 1. The maximum atomic E-state index is 12.5. The summed E-state index contributed by atoms with van der Waals surface area (Å²) >= 11 is 0. The summed E-state index contributed by atoms with van der Waals surface area (Å²) in [6, 6.07) is 8.99. The number of ether oxygens (including phenoxy) is 2. The summed E-state index contributed by atoms with van der Waals surface area (Å²) in [6.45, 7) is 2.32. The topological polar surface area (TPSA) is 97.1 Å². The molecule has 0 bridgehead atoms. The van der Waals surface area contributed by atoms with Gasteiger partial charge in [-0.15, -0.1) is 0 Å². The van der Waals surface area contributed by atoms with Crippen molar-refractivity contribution in [3.05, 3.63) is 47.8 Å². The fourth-order valence-corrected chi connectivity index (χ4v) is 3.09. The van der Waals surface area contributed by atoms with Crippen LogP contribution in [0.25, 0.3) is 0 Å². The van der Waals surface area contributed by atoms with Gasteiger partial charge in [0, 0.05) is 24.5 Å². The first kappa shape index (κ1) is 18.6. The number of hydrogen-bond acceptors (Lipinski definition) is 6. The Morgan fingerprint density at radius 1 is 1.26 bits per heavy atom. The number of carbonyl (C=O) groups is 1. The lowest BCUT2D eigenvalue weighted by molar-refractivity contribution is 0.0885. The molecule has 0 aliphatic heterocycles. The molecule has 0 atom stereocenters.